The molecule has 0 nitrogen and oxygen atoms in total. The van der Waals surface area contributed by atoms with Gasteiger partial charge in [0.1, 0.15) is 0 Å². The Morgan fingerprint density at radius 3 is 2.44 bits per heavy atom. The molecule has 0 aromatic heterocycles. The first-order chi connectivity index (χ1) is 4.43. The van der Waals surface area contributed by atoms with Crippen molar-refractivity contribution in [1.82, 2.24) is 0 Å². The summed E-state index contributed by atoms with van der Waals surface area (Å²) in [6, 6.07) is 10.3. The summed E-state index contributed by atoms with van der Waals surface area (Å²) in [6.45, 7) is 3.66. The summed E-state index contributed by atoms with van der Waals surface area (Å²) in [5.74, 6) is 0. The van der Waals surface area contributed by atoms with Crippen LogP contribution in [0.25, 0.3) is 0 Å². The molecule has 0 spiro atoms. The molecule has 0 fully saturated rings. The summed E-state index contributed by atoms with van der Waals surface area (Å²) in [7, 11) is 0. The van der Waals surface area contributed by atoms with Crippen molar-refractivity contribution in [1.29, 1.82) is 0 Å². The molecule has 1 rings (SSSR count). The SMILES string of the molecule is C=CC[12c]1ccccc1. The molecule has 0 unspecified atom stereocenters. The van der Waals surface area contributed by atoms with E-state index in [4.69, 9.17) is 0 Å². The Morgan fingerprint density at radius 2 is 1.89 bits per heavy atom. The van der Waals surface area contributed by atoms with E-state index in [1.165, 1.54) is 5.56 Å². The summed E-state index contributed by atoms with van der Waals surface area (Å²) >= 11 is 0. The van der Waals surface area contributed by atoms with Crippen LogP contribution >= 0.6 is 0 Å². The van der Waals surface area contributed by atoms with Crippen LogP contribution in [0.5, 0.6) is 0 Å². The van der Waals surface area contributed by atoms with E-state index in [2.05, 4.69) is 18.7 Å². The standard InChI is InChI=1S/C9H10/c1-2-6-9-7-4-3-5-8-9/h2-5,7-8H,1,6H2/i9+0. The zero-order valence-corrected chi connectivity index (χ0v) is 5.38. The Morgan fingerprint density at radius 1 is 1.22 bits per heavy atom. The number of benzene rings is 1. The van der Waals surface area contributed by atoms with Gasteiger partial charge in [-0.25, -0.2) is 0 Å². The molecule has 0 N–H and O–H groups in total. The Labute approximate surface area is 55.8 Å². The summed E-state index contributed by atoms with van der Waals surface area (Å²) in [4.78, 5) is 0. The lowest BCUT2D eigenvalue weighted by Gasteiger charge is -1.91. The molecule has 0 aliphatic carbocycles. The average Bonchev–Trinajstić information content (AvgIpc) is 1.91. The molecule has 0 amide bonds. The van der Waals surface area contributed by atoms with E-state index < -0.39 is 0 Å². The van der Waals surface area contributed by atoms with Crippen molar-refractivity contribution in [3.05, 3.63) is 48.6 Å². The third-order valence-corrected chi connectivity index (χ3v) is 1.22. The topological polar surface area (TPSA) is 0 Å². The predicted octanol–water partition coefficient (Wildman–Crippen LogP) is 2.42. The highest BCUT2D eigenvalue weighted by molar-refractivity contribution is 5.16. The van der Waals surface area contributed by atoms with E-state index in [1.807, 2.05) is 24.3 Å². The summed E-state index contributed by atoms with van der Waals surface area (Å²) in [6.07, 6.45) is 2.89. The van der Waals surface area contributed by atoms with E-state index in [-0.39, 0.29) is 0 Å². The van der Waals surface area contributed by atoms with Crippen molar-refractivity contribution < 1.29 is 0 Å². The number of hydrogen-bond acceptors (Lipinski definition) is 0. The molecule has 1 aromatic rings. The van der Waals surface area contributed by atoms with Crippen LogP contribution in [0.3, 0.4) is 0 Å². The molecule has 46 valence electrons. The first-order valence-electron chi connectivity index (χ1n) is 3.08. The minimum Gasteiger partial charge on any atom is -0.103 e. The molecule has 0 atom stereocenters. The van der Waals surface area contributed by atoms with E-state index in [0.29, 0.717) is 0 Å². The van der Waals surface area contributed by atoms with Crippen LogP contribution in [0.15, 0.2) is 43.0 Å². The van der Waals surface area contributed by atoms with Gasteiger partial charge in [-0.15, -0.1) is 6.58 Å². The smallest absolute Gasteiger partial charge is 0.0100 e. The molecule has 0 bridgehead atoms. The van der Waals surface area contributed by atoms with Gasteiger partial charge in [0.15, 0.2) is 0 Å². The third-order valence-electron chi connectivity index (χ3n) is 1.22. The molecular formula is C9H10. The monoisotopic (exact) mass is 118 g/mol. The van der Waals surface area contributed by atoms with Crippen LogP contribution in [0, 0.1) is 0 Å². The van der Waals surface area contributed by atoms with Gasteiger partial charge in [0.2, 0.25) is 0 Å². The molecule has 0 heteroatoms. The highest BCUT2D eigenvalue weighted by Gasteiger charge is 1.82. The molecule has 0 aliphatic heterocycles. The van der Waals surface area contributed by atoms with Gasteiger partial charge in [-0.1, -0.05) is 36.4 Å². The Balaban J connectivity index is 2.72. The lowest BCUT2D eigenvalue weighted by atomic mass is 10.1. The number of hydrogen-bond donors (Lipinski definition) is 0. The van der Waals surface area contributed by atoms with Gasteiger partial charge >= 0.3 is 0 Å². The van der Waals surface area contributed by atoms with Crippen LogP contribution in [0.1, 0.15) is 5.56 Å². The second kappa shape index (κ2) is 3.08. The van der Waals surface area contributed by atoms with Gasteiger partial charge < -0.3 is 0 Å². The molecule has 0 radical (unpaired) electrons. The molecule has 0 saturated heterocycles. The fourth-order valence-corrected chi connectivity index (χ4v) is 0.781. The lowest BCUT2D eigenvalue weighted by Crippen LogP contribution is -1.75. The second-order valence-electron chi connectivity index (χ2n) is 1.98. The average molecular weight is 118 g/mol. The third kappa shape index (κ3) is 1.73. The summed E-state index contributed by atoms with van der Waals surface area (Å²) in [5, 5.41) is 0. The van der Waals surface area contributed by atoms with Crippen molar-refractivity contribution in [3.8, 4) is 0 Å². The van der Waals surface area contributed by atoms with E-state index in [9.17, 15) is 0 Å². The van der Waals surface area contributed by atoms with Crippen molar-refractivity contribution in [3.63, 3.8) is 0 Å². The number of allylic oxidation sites excluding steroid dienone is 1. The largest absolute Gasteiger partial charge is 0.103 e. The predicted molar refractivity (Wildman–Crippen MR) is 40.3 cm³/mol. The van der Waals surface area contributed by atoms with Gasteiger partial charge in [0.25, 0.3) is 0 Å². The van der Waals surface area contributed by atoms with Crippen molar-refractivity contribution in [2.24, 2.45) is 0 Å². The Hall–Kier alpha value is -1.04. The molecule has 1 aromatic carbocycles. The fraction of sp³-hybridized carbons (Fsp3) is 0.111. The maximum absolute atomic E-state index is 3.66. The molecule has 0 heterocycles. The normalized spacial score (nSPS) is 8.89. The van der Waals surface area contributed by atoms with Crippen LogP contribution in [-0.2, 0) is 6.42 Å². The Kier molecular flexibility index (Phi) is 2.08. The summed E-state index contributed by atoms with van der Waals surface area (Å²) in [5.41, 5.74) is 1.33. The highest BCUT2D eigenvalue weighted by atomic mass is 13.9. The number of rotatable bonds is 2. The van der Waals surface area contributed by atoms with Crippen LogP contribution in [0.4, 0.5) is 0 Å². The van der Waals surface area contributed by atoms with Gasteiger partial charge in [0, 0.05) is 0 Å². The maximum Gasteiger partial charge on any atom is -0.0100 e. The second-order valence-corrected chi connectivity index (χ2v) is 1.98. The molecular weight excluding hydrogens is 108 g/mol. The first kappa shape index (κ1) is 6.09. The maximum atomic E-state index is 3.66. The quantitative estimate of drug-likeness (QED) is 0.523. The van der Waals surface area contributed by atoms with Gasteiger partial charge in [-0.2, -0.15) is 0 Å². The van der Waals surface area contributed by atoms with Crippen LogP contribution < -0.4 is 0 Å². The summed E-state index contributed by atoms with van der Waals surface area (Å²) < 4.78 is 0. The minimum atomic E-state index is 0.973. The van der Waals surface area contributed by atoms with Gasteiger partial charge in [-0.3, -0.25) is 0 Å². The van der Waals surface area contributed by atoms with E-state index >= 15 is 0 Å². The highest BCUT2D eigenvalue weighted by Crippen LogP contribution is 1.98. The Bertz CT molecular complexity index is 174. The van der Waals surface area contributed by atoms with Crippen molar-refractivity contribution in [2.75, 3.05) is 0 Å². The lowest BCUT2D eigenvalue weighted by molar-refractivity contribution is 1.28. The molecule has 9 heavy (non-hydrogen) atoms. The fourth-order valence-electron chi connectivity index (χ4n) is 0.781. The zero-order valence-electron chi connectivity index (χ0n) is 5.38. The van der Waals surface area contributed by atoms with Crippen molar-refractivity contribution >= 4 is 0 Å². The van der Waals surface area contributed by atoms with Crippen LogP contribution in [0.2, 0.25) is 0 Å². The van der Waals surface area contributed by atoms with Crippen LogP contribution in [-0.4, -0.2) is 0 Å². The van der Waals surface area contributed by atoms with Crippen molar-refractivity contribution in [2.45, 2.75) is 6.42 Å². The minimum absolute atomic E-state index is 0.973. The van der Waals surface area contributed by atoms with Gasteiger partial charge in [0.05, 0.1) is 0 Å². The molecule has 0 saturated carbocycles. The molecule has 0 aliphatic rings. The first-order valence-corrected chi connectivity index (χ1v) is 3.08. The van der Waals surface area contributed by atoms with Gasteiger partial charge in [-0.05, 0) is 12.0 Å². The zero-order chi connectivity index (χ0) is 6.53. The van der Waals surface area contributed by atoms with E-state index in [1.54, 1.807) is 0 Å². The van der Waals surface area contributed by atoms with E-state index in [0.717, 1.165) is 6.42 Å².